The summed E-state index contributed by atoms with van der Waals surface area (Å²) in [4.78, 5) is 8.37. The summed E-state index contributed by atoms with van der Waals surface area (Å²) in [5, 5.41) is 12.5. The summed E-state index contributed by atoms with van der Waals surface area (Å²) in [6.45, 7) is 2.02. The van der Waals surface area contributed by atoms with Gasteiger partial charge in [-0.15, -0.1) is 10.2 Å². The molecule has 0 aliphatic heterocycles. The lowest BCUT2D eigenvalue weighted by molar-refractivity contribution is 0.425. The number of aromatic nitrogens is 5. The molecule has 0 radical (unpaired) electrons. The highest BCUT2D eigenvalue weighted by atomic mass is 32.2. The third-order valence-corrected chi connectivity index (χ3v) is 4.21. The molecule has 0 bridgehead atoms. The van der Waals surface area contributed by atoms with Crippen molar-refractivity contribution in [3.63, 3.8) is 0 Å². The molecule has 0 unspecified atom stereocenters. The highest BCUT2D eigenvalue weighted by molar-refractivity contribution is 7.98. The molecule has 4 aromatic rings. The third kappa shape index (κ3) is 3.58. The molecule has 0 amide bonds. The fourth-order valence-electron chi connectivity index (χ4n) is 2.21. The third-order valence-electron chi connectivity index (χ3n) is 3.39. The van der Waals surface area contributed by atoms with Gasteiger partial charge in [0, 0.05) is 23.5 Å². The van der Waals surface area contributed by atoms with E-state index in [1.165, 1.54) is 11.8 Å². The quantitative estimate of drug-likeness (QED) is 0.502. The van der Waals surface area contributed by atoms with Crippen LogP contribution < -0.4 is 0 Å². The van der Waals surface area contributed by atoms with Crippen molar-refractivity contribution in [3.05, 3.63) is 60.2 Å². The van der Waals surface area contributed by atoms with Gasteiger partial charge in [0.15, 0.2) is 5.82 Å². The van der Waals surface area contributed by atoms with Crippen LogP contribution >= 0.6 is 11.8 Å². The first-order valence-corrected chi connectivity index (χ1v) is 8.53. The molecule has 1 aromatic carbocycles. The number of rotatable bonds is 5. The Balaban J connectivity index is 1.43. The Morgan fingerprint density at radius 1 is 1.00 bits per heavy atom. The Kier molecular flexibility index (Phi) is 4.26. The van der Waals surface area contributed by atoms with Crippen LogP contribution in [0.2, 0.25) is 0 Å². The Morgan fingerprint density at radius 2 is 1.88 bits per heavy atom. The Morgan fingerprint density at radius 3 is 2.72 bits per heavy atom. The fraction of sp³-hybridized carbons (Fsp3) is 0.118. The minimum atomic E-state index is 0.453. The van der Waals surface area contributed by atoms with E-state index in [1.54, 1.807) is 12.4 Å². The summed E-state index contributed by atoms with van der Waals surface area (Å²) in [5.74, 6) is 2.01. The summed E-state index contributed by atoms with van der Waals surface area (Å²) in [6, 6.07) is 11.6. The van der Waals surface area contributed by atoms with Gasteiger partial charge in [-0.1, -0.05) is 34.6 Å². The molecular formula is C17H13N5O2S. The highest BCUT2D eigenvalue weighted by Gasteiger charge is 2.13. The topological polar surface area (TPSA) is 90.7 Å². The first kappa shape index (κ1) is 15.5. The zero-order chi connectivity index (χ0) is 17.1. The molecule has 0 atom stereocenters. The number of aryl methyl sites for hydroxylation is 1. The van der Waals surface area contributed by atoms with E-state index in [2.05, 4.69) is 25.3 Å². The van der Waals surface area contributed by atoms with Gasteiger partial charge in [0.1, 0.15) is 0 Å². The predicted molar refractivity (Wildman–Crippen MR) is 91.6 cm³/mol. The number of hydrogen-bond acceptors (Lipinski definition) is 8. The number of nitrogens with zero attached hydrogens (tertiary/aromatic N) is 5. The van der Waals surface area contributed by atoms with E-state index in [-0.39, 0.29) is 0 Å². The average molecular weight is 351 g/mol. The molecule has 0 aliphatic rings. The van der Waals surface area contributed by atoms with Crippen LogP contribution in [0, 0.1) is 6.92 Å². The lowest BCUT2D eigenvalue weighted by atomic mass is 10.1. The number of pyridine rings is 1. The van der Waals surface area contributed by atoms with Crippen LogP contribution in [0.25, 0.3) is 22.9 Å². The number of benzene rings is 1. The van der Waals surface area contributed by atoms with Crippen LogP contribution in [0.3, 0.4) is 0 Å². The summed E-state index contributed by atoms with van der Waals surface area (Å²) in [6.07, 6.45) is 3.36. The normalized spacial score (nSPS) is 10.9. The molecule has 3 heterocycles. The first-order chi connectivity index (χ1) is 12.3. The summed E-state index contributed by atoms with van der Waals surface area (Å²) < 4.78 is 10.9. The molecule has 0 N–H and O–H groups in total. The van der Waals surface area contributed by atoms with E-state index in [1.807, 2.05) is 43.3 Å². The maximum atomic E-state index is 5.63. The Hall–Kier alpha value is -3.00. The summed E-state index contributed by atoms with van der Waals surface area (Å²) in [7, 11) is 0. The van der Waals surface area contributed by atoms with Crippen molar-refractivity contribution in [1.29, 1.82) is 0 Å². The van der Waals surface area contributed by atoms with Crippen LogP contribution in [0.5, 0.6) is 0 Å². The van der Waals surface area contributed by atoms with Crippen molar-refractivity contribution in [2.24, 2.45) is 0 Å². The predicted octanol–water partition coefficient (Wildman–Crippen LogP) is 3.78. The van der Waals surface area contributed by atoms with E-state index in [4.69, 9.17) is 8.94 Å². The van der Waals surface area contributed by atoms with E-state index in [9.17, 15) is 0 Å². The minimum Gasteiger partial charge on any atom is -0.411 e. The van der Waals surface area contributed by atoms with Gasteiger partial charge in [0.05, 0.1) is 5.75 Å². The first-order valence-electron chi connectivity index (χ1n) is 7.54. The Labute approximate surface area is 147 Å². The van der Waals surface area contributed by atoms with Crippen molar-refractivity contribution < 1.29 is 8.94 Å². The van der Waals surface area contributed by atoms with Crippen molar-refractivity contribution >= 4 is 11.8 Å². The standard InChI is InChI=1S/C17H13N5O2S/c1-11-3-2-4-13(9-11)15-19-14(22-24-15)10-25-17-21-20-16(23-17)12-5-7-18-8-6-12/h2-9H,10H2,1H3. The van der Waals surface area contributed by atoms with Gasteiger partial charge in [0.25, 0.3) is 11.1 Å². The molecule has 0 fully saturated rings. The zero-order valence-electron chi connectivity index (χ0n) is 13.3. The molecule has 0 aliphatic carbocycles. The lowest BCUT2D eigenvalue weighted by Crippen LogP contribution is -1.84. The molecule has 4 rings (SSSR count). The van der Waals surface area contributed by atoms with E-state index >= 15 is 0 Å². The SMILES string of the molecule is Cc1cccc(-c2nc(CSc3nnc(-c4ccncc4)o3)no2)c1. The van der Waals surface area contributed by atoms with Crippen LogP contribution in [0.15, 0.2) is 63.0 Å². The molecule has 3 aromatic heterocycles. The second-order valence-electron chi connectivity index (χ2n) is 5.28. The molecule has 0 saturated heterocycles. The van der Waals surface area contributed by atoms with Crippen molar-refractivity contribution in [1.82, 2.24) is 25.3 Å². The maximum absolute atomic E-state index is 5.63. The van der Waals surface area contributed by atoms with E-state index < -0.39 is 0 Å². The van der Waals surface area contributed by atoms with Gasteiger partial charge in [0.2, 0.25) is 5.89 Å². The van der Waals surface area contributed by atoms with Gasteiger partial charge in [-0.2, -0.15) is 4.98 Å². The molecule has 124 valence electrons. The Bertz CT molecular complexity index is 983. The smallest absolute Gasteiger partial charge is 0.277 e. The van der Waals surface area contributed by atoms with Crippen LogP contribution in [-0.2, 0) is 5.75 Å². The number of thioether (sulfide) groups is 1. The van der Waals surface area contributed by atoms with Crippen LogP contribution in [-0.4, -0.2) is 25.3 Å². The average Bonchev–Trinajstić information content (AvgIpc) is 3.30. The number of hydrogen-bond donors (Lipinski definition) is 0. The van der Waals surface area contributed by atoms with Crippen molar-refractivity contribution in [2.45, 2.75) is 17.9 Å². The van der Waals surface area contributed by atoms with E-state index in [0.717, 1.165) is 16.7 Å². The molecule has 25 heavy (non-hydrogen) atoms. The monoisotopic (exact) mass is 351 g/mol. The summed E-state index contributed by atoms with van der Waals surface area (Å²) in [5.41, 5.74) is 2.87. The lowest BCUT2D eigenvalue weighted by Gasteiger charge is -1.95. The highest BCUT2D eigenvalue weighted by Crippen LogP contribution is 2.25. The molecule has 0 spiro atoms. The molecule has 8 heteroatoms. The van der Waals surface area contributed by atoms with Crippen molar-refractivity contribution in [3.8, 4) is 22.9 Å². The van der Waals surface area contributed by atoms with Crippen LogP contribution in [0.1, 0.15) is 11.4 Å². The van der Waals surface area contributed by atoms with Gasteiger partial charge < -0.3 is 8.94 Å². The second-order valence-corrected chi connectivity index (χ2v) is 6.21. The molecular weight excluding hydrogens is 338 g/mol. The second kappa shape index (κ2) is 6.86. The summed E-state index contributed by atoms with van der Waals surface area (Å²) >= 11 is 1.36. The largest absolute Gasteiger partial charge is 0.411 e. The molecule has 7 nitrogen and oxygen atoms in total. The van der Waals surface area contributed by atoms with Crippen LogP contribution in [0.4, 0.5) is 0 Å². The van der Waals surface area contributed by atoms with Gasteiger partial charge >= 0.3 is 0 Å². The fourth-order valence-corrected chi connectivity index (χ4v) is 2.82. The minimum absolute atomic E-state index is 0.453. The van der Waals surface area contributed by atoms with Gasteiger partial charge in [-0.05, 0) is 31.2 Å². The van der Waals surface area contributed by atoms with Gasteiger partial charge in [-0.3, -0.25) is 4.98 Å². The van der Waals surface area contributed by atoms with Gasteiger partial charge in [-0.25, -0.2) is 0 Å². The zero-order valence-corrected chi connectivity index (χ0v) is 14.1. The molecule has 0 saturated carbocycles. The van der Waals surface area contributed by atoms with Crippen molar-refractivity contribution in [2.75, 3.05) is 0 Å². The van der Waals surface area contributed by atoms with E-state index in [0.29, 0.717) is 28.6 Å². The maximum Gasteiger partial charge on any atom is 0.277 e.